The second-order valence-electron chi connectivity index (χ2n) is 8.23. The predicted octanol–water partition coefficient (Wildman–Crippen LogP) is 3.02. The number of nitrogens with zero attached hydrogens (tertiary/aromatic N) is 2. The molecule has 0 saturated carbocycles. The third kappa shape index (κ3) is 7.38. The number of benzene rings is 1. The van der Waals surface area contributed by atoms with Gasteiger partial charge in [-0.25, -0.2) is 4.79 Å². The number of aliphatic carboxylic acids is 1. The van der Waals surface area contributed by atoms with Crippen LogP contribution in [-0.4, -0.2) is 71.9 Å². The molecule has 1 saturated heterocycles. The summed E-state index contributed by atoms with van der Waals surface area (Å²) in [6.45, 7) is 8.77. The van der Waals surface area contributed by atoms with E-state index in [2.05, 4.69) is 4.90 Å². The molecule has 1 aromatic carbocycles. The van der Waals surface area contributed by atoms with Gasteiger partial charge in [0.2, 0.25) is 0 Å². The van der Waals surface area contributed by atoms with E-state index >= 15 is 0 Å². The van der Waals surface area contributed by atoms with E-state index in [0.717, 1.165) is 38.0 Å². The largest absolute Gasteiger partial charge is 0.492 e. The Morgan fingerprint density at radius 3 is 2.54 bits per heavy atom. The molecule has 0 aromatic heterocycles. The lowest BCUT2D eigenvalue weighted by molar-refractivity contribution is -0.136. The van der Waals surface area contributed by atoms with Crippen molar-refractivity contribution in [1.29, 1.82) is 0 Å². The van der Waals surface area contributed by atoms with Crippen LogP contribution in [0.1, 0.15) is 39.2 Å². The highest BCUT2D eigenvalue weighted by molar-refractivity contribution is 5.70. The van der Waals surface area contributed by atoms with Crippen LogP contribution >= 0.6 is 0 Å². The summed E-state index contributed by atoms with van der Waals surface area (Å²) in [7, 11) is 1.81. The summed E-state index contributed by atoms with van der Waals surface area (Å²) in [5, 5.41) is 8.87. The van der Waals surface area contributed by atoms with Gasteiger partial charge < -0.3 is 19.5 Å². The standard InChI is InChI=1S/C21H32N2O5/c1-21(2,3)28-20(26)22(4)17-8-10-23(11-9-17)12-13-27-18-7-5-6-16(14-18)15-19(24)25/h5-7,14,17H,8-13,15H2,1-4H3,(H,24,25). The number of piperidine rings is 1. The first-order valence-corrected chi connectivity index (χ1v) is 9.76. The lowest BCUT2D eigenvalue weighted by Crippen LogP contribution is -2.47. The molecule has 1 aliphatic heterocycles. The zero-order valence-electron chi connectivity index (χ0n) is 17.3. The van der Waals surface area contributed by atoms with Crippen molar-refractivity contribution in [2.45, 2.75) is 51.7 Å². The molecule has 1 heterocycles. The Balaban J connectivity index is 1.71. The normalized spacial score (nSPS) is 15.9. The van der Waals surface area contributed by atoms with E-state index in [-0.39, 0.29) is 18.6 Å². The molecular weight excluding hydrogens is 360 g/mol. The number of carboxylic acid groups (broad SMARTS) is 1. The molecule has 1 aromatic rings. The van der Waals surface area contributed by atoms with Gasteiger partial charge in [-0.15, -0.1) is 0 Å². The molecule has 1 N–H and O–H groups in total. The molecular formula is C21H32N2O5. The maximum absolute atomic E-state index is 12.2. The van der Waals surface area contributed by atoms with Crippen molar-refractivity contribution in [3.8, 4) is 5.75 Å². The van der Waals surface area contributed by atoms with Gasteiger partial charge in [0.1, 0.15) is 18.0 Å². The number of hydrogen-bond donors (Lipinski definition) is 1. The summed E-state index contributed by atoms with van der Waals surface area (Å²) < 4.78 is 11.2. The van der Waals surface area contributed by atoms with Gasteiger partial charge in [-0.2, -0.15) is 0 Å². The SMILES string of the molecule is CN(C(=O)OC(C)(C)C)C1CCN(CCOc2cccc(CC(=O)O)c2)CC1. The number of carboxylic acids is 1. The Bertz CT molecular complexity index is 663. The van der Waals surface area contributed by atoms with Gasteiger partial charge in [-0.1, -0.05) is 12.1 Å². The summed E-state index contributed by atoms with van der Waals surface area (Å²) in [4.78, 5) is 27.0. The van der Waals surface area contributed by atoms with Crippen LogP contribution in [0, 0.1) is 0 Å². The Labute approximate surface area is 167 Å². The predicted molar refractivity (Wildman–Crippen MR) is 107 cm³/mol. The van der Waals surface area contributed by atoms with Crippen LogP contribution in [0.15, 0.2) is 24.3 Å². The Morgan fingerprint density at radius 2 is 1.93 bits per heavy atom. The maximum atomic E-state index is 12.2. The smallest absolute Gasteiger partial charge is 0.410 e. The highest BCUT2D eigenvalue weighted by Crippen LogP contribution is 2.19. The lowest BCUT2D eigenvalue weighted by Gasteiger charge is -2.37. The van der Waals surface area contributed by atoms with Gasteiger partial charge in [0.25, 0.3) is 0 Å². The fraction of sp³-hybridized carbons (Fsp3) is 0.619. The van der Waals surface area contributed by atoms with Gasteiger partial charge in [0.05, 0.1) is 6.42 Å². The summed E-state index contributed by atoms with van der Waals surface area (Å²) in [6.07, 6.45) is 1.54. The first-order chi connectivity index (χ1) is 13.1. The van der Waals surface area contributed by atoms with E-state index in [1.807, 2.05) is 40.0 Å². The highest BCUT2D eigenvalue weighted by atomic mass is 16.6. The summed E-state index contributed by atoms with van der Waals surface area (Å²) in [5.41, 5.74) is 0.251. The molecule has 0 atom stereocenters. The number of carbonyl (C=O) groups is 2. The van der Waals surface area contributed by atoms with Crippen LogP contribution < -0.4 is 4.74 Å². The highest BCUT2D eigenvalue weighted by Gasteiger charge is 2.28. The van der Waals surface area contributed by atoms with E-state index in [4.69, 9.17) is 14.6 Å². The number of carbonyl (C=O) groups excluding carboxylic acids is 1. The average molecular weight is 392 g/mol. The molecule has 1 aliphatic rings. The molecule has 0 aliphatic carbocycles. The quantitative estimate of drug-likeness (QED) is 0.768. The molecule has 0 radical (unpaired) electrons. The van der Waals surface area contributed by atoms with Gasteiger partial charge in [0, 0.05) is 32.7 Å². The van der Waals surface area contributed by atoms with Crippen molar-refractivity contribution in [1.82, 2.24) is 9.80 Å². The molecule has 1 amide bonds. The monoisotopic (exact) mass is 392 g/mol. The van der Waals surface area contributed by atoms with Crippen LogP contribution in [0.5, 0.6) is 5.75 Å². The zero-order valence-corrected chi connectivity index (χ0v) is 17.3. The summed E-state index contributed by atoms with van der Waals surface area (Å²) >= 11 is 0. The van der Waals surface area contributed by atoms with Crippen molar-refractivity contribution >= 4 is 12.1 Å². The first-order valence-electron chi connectivity index (χ1n) is 9.76. The van der Waals surface area contributed by atoms with Crippen molar-refractivity contribution in [3.05, 3.63) is 29.8 Å². The number of hydrogen-bond acceptors (Lipinski definition) is 5. The molecule has 0 unspecified atom stereocenters. The van der Waals surface area contributed by atoms with Crippen molar-refractivity contribution < 1.29 is 24.2 Å². The van der Waals surface area contributed by atoms with Gasteiger partial charge in [-0.3, -0.25) is 9.69 Å². The third-order valence-corrected chi connectivity index (χ3v) is 4.72. The van der Waals surface area contributed by atoms with Crippen LogP contribution in [0.2, 0.25) is 0 Å². The van der Waals surface area contributed by atoms with Crippen LogP contribution in [-0.2, 0) is 16.0 Å². The Morgan fingerprint density at radius 1 is 1.25 bits per heavy atom. The van der Waals surface area contributed by atoms with Crippen LogP contribution in [0.4, 0.5) is 4.79 Å². The van der Waals surface area contributed by atoms with E-state index in [1.54, 1.807) is 17.0 Å². The molecule has 0 spiro atoms. The zero-order chi connectivity index (χ0) is 20.7. The third-order valence-electron chi connectivity index (χ3n) is 4.72. The van der Waals surface area contributed by atoms with Crippen molar-refractivity contribution in [2.24, 2.45) is 0 Å². The minimum atomic E-state index is -0.851. The molecule has 0 bridgehead atoms. The molecule has 1 fully saturated rings. The maximum Gasteiger partial charge on any atom is 0.410 e. The number of ether oxygens (including phenoxy) is 2. The number of amides is 1. The lowest BCUT2D eigenvalue weighted by atomic mass is 10.0. The Kier molecular flexibility index (Phi) is 7.69. The van der Waals surface area contributed by atoms with E-state index in [9.17, 15) is 9.59 Å². The van der Waals surface area contributed by atoms with Crippen LogP contribution in [0.3, 0.4) is 0 Å². The van der Waals surface area contributed by atoms with Crippen molar-refractivity contribution in [2.75, 3.05) is 33.3 Å². The average Bonchev–Trinajstić information content (AvgIpc) is 2.60. The van der Waals surface area contributed by atoms with Gasteiger partial charge in [0.15, 0.2) is 0 Å². The van der Waals surface area contributed by atoms with Crippen LogP contribution in [0.25, 0.3) is 0 Å². The van der Waals surface area contributed by atoms with Crippen molar-refractivity contribution in [3.63, 3.8) is 0 Å². The molecule has 2 rings (SSSR count). The number of rotatable bonds is 7. The van der Waals surface area contributed by atoms with E-state index in [1.165, 1.54) is 0 Å². The number of likely N-dealkylation sites (tertiary alicyclic amines) is 1. The van der Waals surface area contributed by atoms with E-state index in [0.29, 0.717) is 12.4 Å². The minimum Gasteiger partial charge on any atom is -0.492 e. The molecule has 156 valence electrons. The van der Waals surface area contributed by atoms with Gasteiger partial charge >= 0.3 is 12.1 Å². The second kappa shape index (κ2) is 9.78. The summed E-state index contributed by atoms with van der Waals surface area (Å²) in [6, 6.07) is 7.40. The summed E-state index contributed by atoms with van der Waals surface area (Å²) in [5.74, 6) is -0.158. The molecule has 7 nitrogen and oxygen atoms in total. The second-order valence-corrected chi connectivity index (χ2v) is 8.23. The topological polar surface area (TPSA) is 79.3 Å². The molecule has 28 heavy (non-hydrogen) atoms. The first kappa shape index (κ1) is 22.0. The van der Waals surface area contributed by atoms with Gasteiger partial charge in [-0.05, 0) is 51.3 Å². The fourth-order valence-electron chi connectivity index (χ4n) is 3.23. The van der Waals surface area contributed by atoms with E-state index < -0.39 is 11.6 Å². The fourth-order valence-corrected chi connectivity index (χ4v) is 3.23. The Hall–Kier alpha value is -2.28. The molecule has 7 heteroatoms. The minimum absolute atomic E-state index is 0.00409.